The second kappa shape index (κ2) is 7.56. The minimum atomic E-state index is -0.00620. The van der Waals surface area contributed by atoms with Crippen molar-refractivity contribution in [2.75, 3.05) is 32.8 Å². The number of carbonyl (C=O) groups is 2. The summed E-state index contributed by atoms with van der Waals surface area (Å²) in [4.78, 5) is 28.4. The van der Waals surface area contributed by atoms with Crippen LogP contribution in [0.15, 0.2) is 12.4 Å². The highest BCUT2D eigenvalue weighted by molar-refractivity contribution is 5.78. The van der Waals surface area contributed by atoms with Crippen LogP contribution in [0.1, 0.15) is 37.7 Å². The van der Waals surface area contributed by atoms with Crippen LogP contribution in [0, 0.1) is 12.3 Å². The number of β-amino-alcohol motifs (C(OH)–C–C–N with tert-alkyl or cyclic N) is 1. The van der Waals surface area contributed by atoms with E-state index < -0.39 is 0 Å². The Morgan fingerprint density at radius 1 is 1.32 bits per heavy atom. The Morgan fingerprint density at radius 3 is 2.88 bits per heavy atom. The molecule has 1 atom stereocenters. The maximum atomic E-state index is 12.6. The summed E-state index contributed by atoms with van der Waals surface area (Å²) in [5.41, 5.74) is 1.10. The van der Waals surface area contributed by atoms with Gasteiger partial charge in [0.05, 0.1) is 12.8 Å². The molecule has 2 saturated heterocycles. The van der Waals surface area contributed by atoms with E-state index in [4.69, 9.17) is 0 Å². The molecule has 7 heteroatoms. The fraction of sp³-hybridized carbons (Fsp3) is 0.722. The number of aryl methyl sites for hydroxylation is 2. The Kier molecular flexibility index (Phi) is 5.42. The average molecular weight is 348 g/mol. The summed E-state index contributed by atoms with van der Waals surface area (Å²) in [5, 5.41) is 13.4. The van der Waals surface area contributed by atoms with Gasteiger partial charge < -0.3 is 14.9 Å². The van der Waals surface area contributed by atoms with E-state index in [1.165, 1.54) is 0 Å². The van der Waals surface area contributed by atoms with E-state index in [2.05, 4.69) is 5.10 Å². The molecule has 2 amide bonds. The van der Waals surface area contributed by atoms with Crippen LogP contribution in [-0.4, -0.2) is 69.3 Å². The zero-order valence-electron chi connectivity index (χ0n) is 15.0. The van der Waals surface area contributed by atoms with E-state index in [0.717, 1.165) is 37.9 Å². The van der Waals surface area contributed by atoms with Crippen molar-refractivity contribution in [1.82, 2.24) is 19.6 Å². The molecule has 0 aromatic carbocycles. The lowest BCUT2D eigenvalue weighted by molar-refractivity contribution is -0.143. The Balaban J connectivity index is 1.58. The van der Waals surface area contributed by atoms with Crippen LogP contribution in [0.2, 0.25) is 0 Å². The monoisotopic (exact) mass is 348 g/mol. The molecule has 3 rings (SSSR count). The molecule has 138 valence electrons. The van der Waals surface area contributed by atoms with Crippen LogP contribution in [0.5, 0.6) is 0 Å². The van der Waals surface area contributed by atoms with Gasteiger partial charge in [-0.05, 0) is 31.7 Å². The van der Waals surface area contributed by atoms with Gasteiger partial charge in [0.2, 0.25) is 11.8 Å². The number of rotatable bonds is 5. The SMILES string of the molecule is Cc1cnn(CCC(=O)N2CCC[C@@]3(CCC(=O)N(CCO)C3)C2)c1. The van der Waals surface area contributed by atoms with Gasteiger partial charge in [0.1, 0.15) is 0 Å². The number of hydrogen-bond donors (Lipinski definition) is 1. The van der Waals surface area contributed by atoms with Gasteiger partial charge in [0.15, 0.2) is 0 Å². The largest absolute Gasteiger partial charge is 0.395 e. The quantitative estimate of drug-likeness (QED) is 0.854. The molecule has 0 saturated carbocycles. The molecule has 1 aromatic rings. The molecule has 0 radical (unpaired) electrons. The third-order valence-electron chi connectivity index (χ3n) is 5.45. The van der Waals surface area contributed by atoms with Crippen molar-refractivity contribution in [3.05, 3.63) is 18.0 Å². The van der Waals surface area contributed by atoms with Crippen LogP contribution >= 0.6 is 0 Å². The number of likely N-dealkylation sites (tertiary alicyclic amines) is 2. The summed E-state index contributed by atoms with van der Waals surface area (Å²) < 4.78 is 1.81. The number of aromatic nitrogens is 2. The van der Waals surface area contributed by atoms with E-state index in [1.54, 1.807) is 11.1 Å². The predicted molar refractivity (Wildman–Crippen MR) is 92.7 cm³/mol. The van der Waals surface area contributed by atoms with E-state index in [0.29, 0.717) is 32.5 Å². The Labute approximate surface area is 148 Å². The molecule has 1 N–H and O–H groups in total. The average Bonchev–Trinajstić information content (AvgIpc) is 3.02. The second-order valence-electron chi connectivity index (χ2n) is 7.49. The Morgan fingerprint density at radius 2 is 2.16 bits per heavy atom. The van der Waals surface area contributed by atoms with Gasteiger partial charge in [0, 0.05) is 57.2 Å². The van der Waals surface area contributed by atoms with Crippen LogP contribution in [0.25, 0.3) is 0 Å². The van der Waals surface area contributed by atoms with Crippen molar-refractivity contribution in [1.29, 1.82) is 0 Å². The molecule has 3 heterocycles. The fourth-order valence-electron chi connectivity index (χ4n) is 4.14. The second-order valence-corrected chi connectivity index (χ2v) is 7.49. The summed E-state index contributed by atoms with van der Waals surface area (Å²) in [7, 11) is 0. The zero-order valence-corrected chi connectivity index (χ0v) is 15.0. The van der Waals surface area contributed by atoms with Crippen LogP contribution < -0.4 is 0 Å². The standard InChI is InChI=1S/C18H28N4O3/c1-15-11-19-22(12-15)8-4-17(25)20-7-2-5-18(13-20)6-3-16(24)21(14-18)9-10-23/h11-12,23H,2-10,13-14H2,1H3/t18-/m1/s1. The summed E-state index contributed by atoms with van der Waals surface area (Å²) in [5.74, 6) is 0.287. The van der Waals surface area contributed by atoms with Crippen molar-refractivity contribution in [2.45, 2.75) is 45.6 Å². The highest BCUT2D eigenvalue weighted by atomic mass is 16.3. The van der Waals surface area contributed by atoms with Crippen molar-refractivity contribution in [3.8, 4) is 0 Å². The molecule has 2 fully saturated rings. The Hall–Kier alpha value is -1.89. The molecule has 0 bridgehead atoms. The summed E-state index contributed by atoms with van der Waals surface area (Å²) >= 11 is 0. The molecule has 2 aliphatic rings. The van der Waals surface area contributed by atoms with Crippen LogP contribution in [0.3, 0.4) is 0 Å². The molecular formula is C18H28N4O3. The molecule has 7 nitrogen and oxygen atoms in total. The number of nitrogens with zero attached hydrogens (tertiary/aromatic N) is 4. The van der Waals surface area contributed by atoms with Gasteiger partial charge in [-0.3, -0.25) is 14.3 Å². The molecule has 1 spiro atoms. The number of amides is 2. The van der Waals surface area contributed by atoms with E-state index in [1.807, 2.05) is 22.7 Å². The number of aliphatic hydroxyl groups is 1. The first-order valence-electron chi connectivity index (χ1n) is 9.17. The first-order valence-corrected chi connectivity index (χ1v) is 9.17. The maximum absolute atomic E-state index is 12.6. The summed E-state index contributed by atoms with van der Waals surface area (Å²) in [6.07, 6.45) is 7.60. The minimum Gasteiger partial charge on any atom is -0.395 e. The molecule has 1 aromatic heterocycles. The Bertz CT molecular complexity index is 630. The summed E-state index contributed by atoms with van der Waals surface area (Å²) in [6, 6.07) is 0. The van der Waals surface area contributed by atoms with E-state index in [-0.39, 0.29) is 23.8 Å². The maximum Gasteiger partial charge on any atom is 0.224 e. The predicted octanol–water partition coefficient (Wildman–Crippen LogP) is 0.805. The highest BCUT2D eigenvalue weighted by Crippen LogP contribution is 2.38. The van der Waals surface area contributed by atoms with Gasteiger partial charge in [-0.2, -0.15) is 5.10 Å². The number of carbonyl (C=O) groups excluding carboxylic acids is 2. The minimum absolute atomic E-state index is 0.000716. The molecular weight excluding hydrogens is 320 g/mol. The lowest BCUT2D eigenvalue weighted by atomic mass is 9.73. The van der Waals surface area contributed by atoms with Crippen LogP contribution in [-0.2, 0) is 16.1 Å². The van der Waals surface area contributed by atoms with Crippen LogP contribution in [0.4, 0.5) is 0 Å². The molecule has 0 aliphatic carbocycles. The smallest absolute Gasteiger partial charge is 0.224 e. The number of hydrogen-bond acceptors (Lipinski definition) is 4. The molecule has 0 unspecified atom stereocenters. The third-order valence-corrected chi connectivity index (χ3v) is 5.45. The van der Waals surface area contributed by atoms with Gasteiger partial charge >= 0.3 is 0 Å². The topological polar surface area (TPSA) is 78.7 Å². The fourth-order valence-corrected chi connectivity index (χ4v) is 4.14. The first kappa shape index (κ1) is 17.9. The van der Waals surface area contributed by atoms with Crippen molar-refractivity contribution < 1.29 is 14.7 Å². The lowest BCUT2D eigenvalue weighted by Crippen LogP contribution is -2.55. The van der Waals surface area contributed by atoms with Crippen molar-refractivity contribution >= 4 is 11.8 Å². The summed E-state index contributed by atoms with van der Waals surface area (Å²) in [6.45, 7) is 5.16. The molecule has 2 aliphatic heterocycles. The van der Waals surface area contributed by atoms with Gasteiger partial charge in [-0.1, -0.05) is 0 Å². The molecule has 25 heavy (non-hydrogen) atoms. The number of piperidine rings is 2. The van der Waals surface area contributed by atoms with Crippen molar-refractivity contribution in [2.24, 2.45) is 5.41 Å². The van der Waals surface area contributed by atoms with Crippen molar-refractivity contribution in [3.63, 3.8) is 0 Å². The lowest BCUT2D eigenvalue weighted by Gasteiger charge is -2.48. The van der Waals surface area contributed by atoms with E-state index >= 15 is 0 Å². The van der Waals surface area contributed by atoms with Gasteiger partial charge in [-0.15, -0.1) is 0 Å². The van der Waals surface area contributed by atoms with Gasteiger partial charge in [0.25, 0.3) is 0 Å². The normalized spacial score (nSPS) is 24.2. The first-order chi connectivity index (χ1) is 12.0. The number of aliphatic hydroxyl groups excluding tert-OH is 1. The third kappa shape index (κ3) is 4.21. The zero-order chi connectivity index (χ0) is 17.9. The van der Waals surface area contributed by atoms with Gasteiger partial charge in [-0.25, -0.2) is 0 Å². The highest BCUT2D eigenvalue weighted by Gasteiger charge is 2.42. The van der Waals surface area contributed by atoms with E-state index in [9.17, 15) is 14.7 Å².